The first-order valence-corrected chi connectivity index (χ1v) is 3.56. The molecular weight excluding hydrogens is 180 g/mol. The van der Waals surface area contributed by atoms with Crippen LogP contribution in [0.25, 0.3) is 0 Å². The highest BCUT2D eigenvalue weighted by molar-refractivity contribution is 6.33. The summed E-state index contributed by atoms with van der Waals surface area (Å²) < 4.78 is 0. The van der Waals surface area contributed by atoms with Crippen LogP contribution in [0.1, 0.15) is 16.2 Å². The molecule has 1 aromatic heterocycles. The molecule has 0 aliphatic rings. The maximum Gasteiger partial charge on any atom is 0.356 e. The molecule has 4 nitrogen and oxygen atoms in total. The van der Waals surface area contributed by atoms with E-state index in [0.29, 0.717) is 5.69 Å². The SMILES string of the molecule is Cc1cc(Cl)c(N)c(C(=O)O)n1. The second kappa shape index (κ2) is 2.98. The highest BCUT2D eigenvalue weighted by atomic mass is 35.5. The Hall–Kier alpha value is -1.29. The van der Waals surface area contributed by atoms with Crippen LogP contribution in [0.15, 0.2) is 6.07 Å². The second-order valence-corrected chi connectivity index (χ2v) is 2.72. The van der Waals surface area contributed by atoms with Crippen LogP contribution in [0, 0.1) is 6.92 Å². The fraction of sp³-hybridized carbons (Fsp3) is 0.143. The summed E-state index contributed by atoms with van der Waals surface area (Å²) >= 11 is 5.63. The molecule has 0 fully saturated rings. The lowest BCUT2D eigenvalue weighted by atomic mass is 10.2. The number of nitrogens with two attached hydrogens (primary N) is 1. The van der Waals surface area contributed by atoms with Gasteiger partial charge in [-0.2, -0.15) is 0 Å². The molecule has 0 bridgehead atoms. The van der Waals surface area contributed by atoms with Gasteiger partial charge in [0.1, 0.15) is 0 Å². The standard InChI is InChI=1S/C7H7ClN2O2/c1-3-2-4(8)5(9)6(10-3)7(11)12/h2H,9H2,1H3,(H,11,12). The Morgan fingerprint density at radius 3 is 2.83 bits per heavy atom. The van der Waals surface area contributed by atoms with E-state index in [0.717, 1.165) is 0 Å². The van der Waals surface area contributed by atoms with Crippen LogP contribution < -0.4 is 5.73 Å². The number of aryl methyl sites for hydroxylation is 1. The Kier molecular flexibility index (Phi) is 2.19. The van der Waals surface area contributed by atoms with Gasteiger partial charge in [-0.3, -0.25) is 0 Å². The monoisotopic (exact) mass is 186 g/mol. The van der Waals surface area contributed by atoms with Crippen molar-refractivity contribution < 1.29 is 9.90 Å². The lowest BCUT2D eigenvalue weighted by molar-refractivity contribution is 0.0691. The smallest absolute Gasteiger partial charge is 0.356 e. The van der Waals surface area contributed by atoms with Crippen LogP contribution in [-0.2, 0) is 0 Å². The first-order valence-electron chi connectivity index (χ1n) is 3.18. The summed E-state index contributed by atoms with van der Waals surface area (Å²) in [7, 11) is 0. The summed E-state index contributed by atoms with van der Waals surface area (Å²) in [6, 6.07) is 1.52. The molecule has 5 heteroatoms. The maximum atomic E-state index is 10.5. The fourth-order valence-electron chi connectivity index (χ4n) is 0.806. The maximum absolute atomic E-state index is 10.5. The van der Waals surface area contributed by atoms with Gasteiger partial charge in [0.2, 0.25) is 0 Å². The van der Waals surface area contributed by atoms with Crippen LogP contribution in [0.3, 0.4) is 0 Å². The van der Waals surface area contributed by atoms with Crippen LogP contribution in [0.5, 0.6) is 0 Å². The Morgan fingerprint density at radius 1 is 1.75 bits per heavy atom. The number of nitrogens with zero attached hydrogens (tertiary/aromatic N) is 1. The molecule has 1 aromatic rings. The van der Waals surface area contributed by atoms with E-state index in [-0.39, 0.29) is 16.4 Å². The molecular formula is C7H7ClN2O2. The molecule has 0 saturated heterocycles. The molecule has 0 aliphatic heterocycles. The number of hydrogen-bond donors (Lipinski definition) is 2. The summed E-state index contributed by atoms with van der Waals surface area (Å²) in [5.74, 6) is -1.17. The van der Waals surface area contributed by atoms with Crippen molar-refractivity contribution in [3.63, 3.8) is 0 Å². The number of aromatic carboxylic acids is 1. The third-order valence-electron chi connectivity index (χ3n) is 1.34. The van der Waals surface area contributed by atoms with Gasteiger partial charge < -0.3 is 10.8 Å². The third-order valence-corrected chi connectivity index (χ3v) is 1.65. The van der Waals surface area contributed by atoms with Crippen LogP contribution in [0.4, 0.5) is 5.69 Å². The molecule has 12 heavy (non-hydrogen) atoms. The predicted octanol–water partition coefficient (Wildman–Crippen LogP) is 1.32. The molecule has 0 aliphatic carbocycles. The summed E-state index contributed by atoms with van der Waals surface area (Å²) in [6.07, 6.45) is 0. The topological polar surface area (TPSA) is 76.2 Å². The Bertz CT molecular complexity index is 338. The van der Waals surface area contributed by atoms with Gasteiger partial charge in [-0.15, -0.1) is 0 Å². The number of carboxylic acid groups (broad SMARTS) is 1. The van der Waals surface area contributed by atoms with Gasteiger partial charge in [0.25, 0.3) is 0 Å². The minimum Gasteiger partial charge on any atom is -0.476 e. The van der Waals surface area contributed by atoms with E-state index in [1.165, 1.54) is 6.07 Å². The molecule has 1 heterocycles. The molecule has 3 N–H and O–H groups in total. The molecule has 0 radical (unpaired) electrons. The van der Waals surface area contributed by atoms with E-state index in [4.69, 9.17) is 22.4 Å². The van der Waals surface area contributed by atoms with Gasteiger partial charge in [-0.25, -0.2) is 9.78 Å². The average Bonchev–Trinajstić information content (AvgIpc) is 1.96. The van der Waals surface area contributed by atoms with Crippen molar-refractivity contribution in [2.45, 2.75) is 6.92 Å². The van der Waals surface area contributed by atoms with E-state index < -0.39 is 5.97 Å². The highest BCUT2D eigenvalue weighted by Crippen LogP contribution is 2.21. The summed E-state index contributed by atoms with van der Waals surface area (Å²) in [5.41, 5.74) is 5.73. The number of carbonyl (C=O) groups is 1. The molecule has 0 atom stereocenters. The molecule has 0 spiro atoms. The number of pyridine rings is 1. The van der Waals surface area contributed by atoms with E-state index in [1.54, 1.807) is 6.92 Å². The highest BCUT2D eigenvalue weighted by Gasteiger charge is 2.12. The lowest BCUT2D eigenvalue weighted by Crippen LogP contribution is -2.07. The first kappa shape index (κ1) is 8.80. The predicted molar refractivity (Wildman–Crippen MR) is 45.4 cm³/mol. The van der Waals surface area contributed by atoms with Crippen molar-refractivity contribution in [1.82, 2.24) is 4.98 Å². The van der Waals surface area contributed by atoms with E-state index >= 15 is 0 Å². The summed E-state index contributed by atoms with van der Waals surface area (Å²) in [4.78, 5) is 14.2. The first-order chi connectivity index (χ1) is 5.52. The molecule has 64 valence electrons. The molecule has 0 aromatic carbocycles. The molecule has 0 saturated carbocycles. The zero-order valence-corrected chi connectivity index (χ0v) is 7.09. The Morgan fingerprint density at radius 2 is 2.33 bits per heavy atom. The van der Waals surface area contributed by atoms with Gasteiger partial charge >= 0.3 is 5.97 Å². The minimum absolute atomic E-state index is 0.00904. The van der Waals surface area contributed by atoms with Crippen LogP contribution in [0.2, 0.25) is 5.02 Å². The number of halogens is 1. The molecule has 1 rings (SSSR count). The Labute approximate surface area is 74.0 Å². The Balaban J connectivity index is 3.37. The number of anilines is 1. The van der Waals surface area contributed by atoms with Gasteiger partial charge in [0, 0.05) is 5.69 Å². The summed E-state index contributed by atoms with van der Waals surface area (Å²) in [6.45, 7) is 1.65. The molecule has 0 unspecified atom stereocenters. The third kappa shape index (κ3) is 1.48. The second-order valence-electron chi connectivity index (χ2n) is 2.31. The fourth-order valence-corrected chi connectivity index (χ4v) is 1.05. The molecule has 0 amide bonds. The van der Waals surface area contributed by atoms with E-state index in [1.807, 2.05) is 0 Å². The number of aromatic nitrogens is 1. The van der Waals surface area contributed by atoms with Crippen molar-refractivity contribution in [3.8, 4) is 0 Å². The minimum atomic E-state index is -1.17. The van der Waals surface area contributed by atoms with E-state index in [9.17, 15) is 4.79 Å². The quantitative estimate of drug-likeness (QED) is 0.694. The zero-order chi connectivity index (χ0) is 9.30. The van der Waals surface area contributed by atoms with Crippen molar-refractivity contribution in [1.29, 1.82) is 0 Å². The van der Waals surface area contributed by atoms with Gasteiger partial charge in [0.05, 0.1) is 10.7 Å². The van der Waals surface area contributed by atoms with Crippen molar-refractivity contribution in [3.05, 3.63) is 22.5 Å². The van der Waals surface area contributed by atoms with Gasteiger partial charge in [-0.05, 0) is 13.0 Å². The van der Waals surface area contributed by atoms with Crippen molar-refractivity contribution >= 4 is 23.3 Å². The number of rotatable bonds is 1. The number of nitrogen functional groups attached to an aromatic ring is 1. The van der Waals surface area contributed by atoms with E-state index in [2.05, 4.69) is 4.98 Å². The largest absolute Gasteiger partial charge is 0.476 e. The van der Waals surface area contributed by atoms with Gasteiger partial charge in [-0.1, -0.05) is 11.6 Å². The normalized spacial score (nSPS) is 9.83. The van der Waals surface area contributed by atoms with Crippen molar-refractivity contribution in [2.75, 3.05) is 5.73 Å². The summed E-state index contributed by atoms with van der Waals surface area (Å²) in [5, 5.41) is 8.84. The average molecular weight is 187 g/mol. The van der Waals surface area contributed by atoms with Crippen LogP contribution in [-0.4, -0.2) is 16.1 Å². The lowest BCUT2D eigenvalue weighted by Gasteiger charge is -2.02. The van der Waals surface area contributed by atoms with Gasteiger partial charge in [0.15, 0.2) is 5.69 Å². The van der Waals surface area contributed by atoms with Crippen LogP contribution >= 0.6 is 11.6 Å². The zero-order valence-electron chi connectivity index (χ0n) is 6.34. The number of carboxylic acids is 1. The number of hydrogen-bond acceptors (Lipinski definition) is 3. The van der Waals surface area contributed by atoms with Crippen molar-refractivity contribution in [2.24, 2.45) is 0 Å².